The molecule has 1 aromatic carbocycles. The van der Waals surface area contributed by atoms with Gasteiger partial charge in [0, 0.05) is 50.3 Å². The smallest absolute Gasteiger partial charge is 0.409 e. The molecule has 1 saturated carbocycles. The summed E-state index contributed by atoms with van der Waals surface area (Å²) >= 11 is 0. The van der Waals surface area contributed by atoms with E-state index in [-0.39, 0.29) is 51.3 Å². The molecule has 4 rings (SSSR count). The molecule has 1 aliphatic heterocycles. The quantitative estimate of drug-likeness (QED) is 0.423. The first-order valence-corrected chi connectivity index (χ1v) is 12.8. The van der Waals surface area contributed by atoms with E-state index in [9.17, 15) is 24.3 Å². The van der Waals surface area contributed by atoms with E-state index in [1.165, 1.54) is 15.9 Å². The van der Waals surface area contributed by atoms with Gasteiger partial charge in [0.15, 0.2) is 5.82 Å². The molecular weight excluding hydrogens is 492 g/mol. The standard InChI is InChI=1S/C26H32N6O6/c1-2-38-26(37)32-14-12-31(13-15-32)25(36)19(10-11-22(33)34)29-24(35)20-16-21(27-18-8-9-18)30-23(28-20)17-6-4-3-5-7-17/h3-7,16,18-19H,2,8-15H2,1H3,(H,29,35)(H,33,34)(H,27,28,30)/t19-/m0/s1. The number of hydrogen-bond donors (Lipinski definition) is 3. The van der Waals surface area contributed by atoms with Crippen molar-refractivity contribution in [2.24, 2.45) is 0 Å². The number of amides is 3. The van der Waals surface area contributed by atoms with Gasteiger partial charge in [0.25, 0.3) is 5.91 Å². The van der Waals surface area contributed by atoms with Gasteiger partial charge in [-0.15, -0.1) is 0 Å². The van der Waals surface area contributed by atoms with E-state index in [1.54, 1.807) is 6.92 Å². The van der Waals surface area contributed by atoms with Crippen molar-refractivity contribution in [1.29, 1.82) is 0 Å². The Balaban J connectivity index is 1.50. The van der Waals surface area contributed by atoms with Gasteiger partial charge < -0.3 is 30.3 Å². The molecule has 0 radical (unpaired) electrons. The second-order valence-electron chi connectivity index (χ2n) is 9.22. The fraction of sp³-hybridized carbons (Fsp3) is 0.462. The molecule has 0 spiro atoms. The molecule has 3 amide bonds. The molecule has 2 aromatic rings. The highest BCUT2D eigenvalue weighted by Crippen LogP contribution is 2.25. The number of benzene rings is 1. The number of rotatable bonds is 10. The summed E-state index contributed by atoms with van der Waals surface area (Å²) in [4.78, 5) is 61.9. The summed E-state index contributed by atoms with van der Waals surface area (Å²) in [6, 6.07) is 10.0. The zero-order valence-corrected chi connectivity index (χ0v) is 21.3. The number of aromatic nitrogens is 2. The zero-order valence-electron chi connectivity index (χ0n) is 21.3. The summed E-state index contributed by atoms with van der Waals surface area (Å²) in [6.45, 7) is 3.04. The van der Waals surface area contributed by atoms with Gasteiger partial charge in [-0.25, -0.2) is 14.8 Å². The van der Waals surface area contributed by atoms with Crippen LogP contribution in [0.1, 0.15) is 43.1 Å². The Kier molecular flexibility index (Phi) is 8.72. The van der Waals surface area contributed by atoms with Crippen LogP contribution in [-0.4, -0.2) is 93.6 Å². The van der Waals surface area contributed by atoms with Crippen LogP contribution >= 0.6 is 0 Å². The topological polar surface area (TPSA) is 154 Å². The fourth-order valence-electron chi connectivity index (χ4n) is 4.09. The van der Waals surface area contributed by atoms with E-state index in [2.05, 4.69) is 20.6 Å². The Bertz CT molecular complexity index is 1160. The summed E-state index contributed by atoms with van der Waals surface area (Å²) in [6.07, 6.45) is 1.21. The molecule has 12 nitrogen and oxygen atoms in total. The normalized spacial score (nSPS) is 15.9. The summed E-state index contributed by atoms with van der Waals surface area (Å²) in [5.74, 6) is -1.21. The highest BCUT2D eigenvalue weighted by Gasteiger charge is 2.31. The Morgan fingerprint density at radius 2 is 1.74 bits per heavy atom. The van der Waals surface area contributed by atoms with E-state index in [4.69, 9.17) is 4.74 Å². The number of ether oxygens (including phenoxy) is 1. The number of carbonyl (C=O) groups is 4. The van der Waals surface area contributed by atoms with Crippen molar-refractivity contribution in [1.82, 2.24) is 25.1 Å². The van der Waals surface area contributed by atoms with Gasteiger partial charge in [0.05, 0.1) is 6.61 Å². The van der Waals surface area contributed by atoms with Crippen molar-refractivity contribution in [3.63, 3.8) is 0 Å². The van der Waals surface area contributed by atoms with Gasteiger partial charge in [-0.2, -0.15) is 0 Å². The van der Waals surface area contributed by atoms with Crippen LogP contribution in [0.4, 0.5) is 10.6 Å². The van der Waals surface area contributed by atoms with Crippen LogP contribution in [-0.2, 0) is 14.3 Å². The molecule has 2 heterocycles. The summed E-state index contributed by atoms with van der Waals surface area (Å²) in [5, 5.41) is 15.2. The van der Waals surface area contributed by atoms with Crippen molar-refractivity contribution < 1.29 is 29.0 Å². The lowest BCUT2D eigenvalue weighted by atomic mass is 10.1. The molecule has 1 aliphatic carbocycles. The molecule has 202 valence electrons. The van der Waals surface area contributed by atoms with Crippen LogP contribution in [0.2, 0.25) is 0 Å². The predicted octanol–water partition coefficient (Wildman–Crippen LogP) is 1.98. The van der Waals surface area contributed by atoms with Gasteiger partial charge in [-0.1, -0.05) is 30.3 Å². The van der Waals surface area contributed by atoms with Crippen molar-refractivity contribution in [3.05, 3.63) is 42.1 Å². The molecule has 0 bridgehead atoms. The second kappa shape index (κ2) is 12.3. The number of carboxylic acids is 1. The van der Waals surface area contributed by atoms with Gasteiger partial charge in [-0.05, 0) is 26.2 Å². The fourth-order valence-corrected chi connectivity index (χ4v) is 4.09. The second-order valence-corrected chi connectivity index (χ2v) is 9.22. The number of anilines is 1. The predicted molar refractivity (Wildman–Crippen MR) is 137 cm³/mol. The first-order chi connectivity index (χ1) is 18.3. The first-order valence-electron chi connectivity index (χ1n) is 12.8. The highest BCUT2D eigenvalue weighted by molar-refractivity contribution is 5.97. The molecule has 38 heavy (non-hydrogen) atoms. The molecular formula is C26H32N6O6. The number of carboxylic acid groups (broad SMARTS) is 1. The van der Waals surface area contributed by atoms with E-state index in [0.717, 1.165) is 18.4 Å². The minimum Gasteiger partial charge on any atom is -0.481 e. The van der Waals surface area contributed by atoms with Crippen molar-refractivity contribution >= 4 is 29.7 Å². The van der Waals surface area contributed by atoms with Crippen LogP contribution < -0.4 is 10.6 Å². The Labute approximate surface area is 220 Å². The lowest BCUT2D eigenvalue weighted by Crippen LogP contribution is -2.56. The largest absolute Gasteiger partial charge is 0.481 e. The van der Waals surface area contributed by atoms with Crippen LogP contribution in [0, 0.1) is 0 Å². The average Bonchev–Trinajstić information content (AvgIpc) is 3.75. The number of piperazine rings is 1. The number of hydrogen-bond acceptors (Lipinski definition) is 8. The van der Waals surface area contributed by atoms with Crippen LogP contribution in [0.3, 0.4) is 0 Å². The highest BCUT2D eigenvalue weighted by atomic mass is 16.6. The minimum absolute atomic E-state index is 0.0715. The number of aliphatic carboxylic acids is 1. The molecule has 3 N–H and O–H groups in total. The maximum absolute atomic E-state index is 13.3. The molecule has 1 atom stereocenters. The Hall–Kier alpha value is -4.22. The van der Waals surface area contributed by atoms with Crippen LogP contribution in [0.25, 0.3) is 11.4 Å². The molecule has 1 aromatic heterocycles. The van der Waals surface area contributed by atoms with E-state index < -0.39 is 29.9 Å². The third-order valence-corrected chi connectivity index (χ3v) is 6.29. The van der Waals surface area contributed by atoms with Gasteiger partial charge in [0.2, 0.25) is 5.91 Å². The number of carbonyl (C=O) groups excluding carboxylic acids is 3. The van der Waals surface area contributed by atoms with E-state index >= 15 is 0 Å². The van der Waals surface area contributed by atoms with E-state index in [1.807, 2.05) is 30.3 Å². The number of nitrogens with zero attached hydrogens (tertiary/aromatic N) is 4. The molecule has 12 heteroatoms. The van der Waals surface area contributed by atoms with Gasteiger partial charge in [-0.3, -0.25) is 14.4 Å². The van der Waals surface area contributed by atoms with Crippen LogP contribution in [0.5, 0.6) is 0 Å². The van der Waals surface area contributed by atoms with Crippen molar-refractivity contribution in [2.45, 2.75) is 44.7 Å². The SMILES string of the molecule is CCOC(=O)N1CCN(C(=O)[C@H](CCC(=O)O)NC(=O)c2cc(NC3CC3)nc(-c3ccccc3)n2)CC1. The molecule has 2 fully saturated rings. The van der Waals surface area contributed by atoms with Gasteiger partial charge >= 0.3 is 12.1 Å². The minimum atomic E-state index is -1.08. The molecule has 0 unspecified atom stereocenters. The molecule has 2 aliphatic rings. The maximum Gasteiger partial charge on any atom is 0.409 e. The maximum atomic E-state index is 13.3. The third-order valence-electron chi connectivity index (χ3n) is 6.29. The zero-order chi connectivity index (χ0) is 27.1. The first kappa shape index (κ1) is 26.8. The molecule has 1 saturated heterocycles. The third kappa shape index (κ3) is 7.17. The van der Waals surface area contributed by atoms with Crippen molar-refractivity contribution in [2.75, 3.05) is 38.1 Å². The lowest BCUT2D eigenvalue weighted by molar-refractivity contribution is -0.138. The average molecular weight is 525 g/mol. The Morgan fingerprint density at radius 1 is 1.05 bits per heavy atom. The summed E-state index contributed by atoms with van der Waals surface area (Å²) < 4.78 is 5.01. The van der Waals surface area contributed by atoms with Crippen molar-refractivity contribution in [3.8, 4) is 11.4 Å². The number of nitrogens with one attached hydrogen (secondary N) is 2. The monoisotopic (exact) mass is 524 g/mol. The van der Waals surface area contributed by atoms with Gasteiger partial charge in [0.1, 0.15) is 17.6 Å². The van der Waals surface area contributed by atoms with Crippen LogP contribution in [0.15, 0.2) is 36.4 Å². The summed E-state index contributed by atoms with van der Waals surface area (Å²) in [5.41, 5.74) is 0.807. The lowest BCUT2D eigenvalue weighted by Gasteiger charge is -2.35. The van der Waals surface area contributed by atoms with E-state index in [0.29, 0.717) is 17.7 Å². The summed E-state index contributed by atoms with van der Waals surface area (Å²) in [7, 11) is 0. The Morgan fingerprint density at radius 3 is 2.37 bits per heavy atom.